The molecule has 0 aromatic heterocycles. The van der Waals surface area contributed by atoms with Crippen molar-refractivity contribution in [1.82, 2.24) is 5.73 Å². The van der Waals surface area contributed by atoms with Gasteiger partial charge in [0.1, 0.15) is 6.29 Å². The highest BCUT2D eigenvalue weighted by Gasteiger charge is 2.01. The van der Waals surface area contributed by atoms with Crippen molar-refractivity contribution >= 4 is 6.29 Å². The number of rotatable bonds is 3. The number of carbonyl (C=O) groups excluding carboxylic acids is 1. The molecule has 0 bridgehead atoms. The predicted octanol–water partition coefficient (Wildman–Crippen LogP) is 1.39. The van der Waals surface area contributed by atoms with Gasteiger partial charge >= 0.3 is 0 Å². The van der Waals surface area contributed by atoms with E-state index in [9.17, 15) is 4.79 Å². The molecule has 0 saturated heterocycles. The molecule has 1 radical (unpaired) electrons. The first-order valence-electron chi connectivity index (χ1n) is 3.94. The van der Waals surface area contributed by atoms with Crippen LogP contribution < -0.4 is 5.73 Å². The van der Waals surface area contributed by atoms with Gasteiger partial charge in [-0.2, -0.15) is 0 Å². The lowest BCUT2D eigenvalue weighted by molar-refractivity contribution is -0.109. The molecule has 1 atom stereocenters. The Bertz CT molecular complexity index is 270. The van der Waals surface area contributed by atoms with Gasteiger partial charge in [-0.25, -0.2) is 5.73 Å². The number of aryl methyl sites for hydroxylation is 1. The molecule has 2 heteroatoms. The number of nitrogens with one attached hydrogen (secondary N) is 1. The highest BCUT2D eigenvalue weighted by Crippen LogP contribution is 2.05. The summed E-state index contributed by atoms with van der Waals surface area (Å²) in [6, 6.07) is 7.28. The summed E-state index contributed by atoms with van der Waals surface area (Å²) in [5, 5.41) is 0. The molecule has 12 heavy (non-hydrogen) atoms. The smallest absolute Gasteiger partial charge is 0.138 e. The van der Waals surface area contributed by atoms with E-state index in [4.69, 9.17) is 5.73 Å². The molecule has 0 saturated carbocycles. The lowest BCUT2D eigenvalue weighted by atomic mass is 10.1. The fourth-order valence-corrected chi connectivity index (χ4v) is 1.14. The van der Waals surface area contributed by atoms with Crippen molar-refractivity contribution in [2.24, 2.45) is 0 Å². The Balaban J connectivity index is 2.69. The summed E-state index contributed by atoms with van der Waals surface area (Å²) in [4.78, 5) is 10.2. The maximum atomic E-state index is 10.2. The summed E-state index contributed by atoms with van der Waals surface area (Å²) < 4.78 is 0. The Morgan fingerprint density at radius 1 is 1.58 bits per heavy atom. The van der Waals surface area contributed by atoms with Crippen LogP contribution in [0.3, 0.4) is 0 Å². The Morgan fingerprint density at radius 3 is 2.92 bits per heavy atom. The van der Waals surface area contributed by atoms with Crippen LogP contribution in [0.2, 0.25) is 0 Å². The third kappa shape index (κ3) is 2.47. The van der Waals surface area contributed by atoms with Crippen molar-refractivity contribution in [3.8, 4) is 0 Å². The second kappa shape index (κ2) is 4.02. The molecule has 0 aliphatic rings. The second-order valence-corrected chi connectivity index (χ2v) is 2.94. The molecule has 0 aliphatic carbocycles. The van der Waals surface area contributed by atoms with Gasteiger partial charge < -0.3 is 4.79 Å². The fourth-order valence-electron chi connectivity index (χ4n) is 1.14. The van der Waals surface area contributed by atoms with Gasteiger partial charge in [-0.15, -0.1) is 0 Å². The molecule has 1 aromatic rings. The number of aldehydes is 1. The Hall–Kier alpha value is -1.15. The van der Waals surface area contributed by atoms with E-state index in [0.29, 0.717) is 12.7 Å². The zero-order chi connectivity index (χ0) is 8.97. The average molecular weight is 162 g/mol. The molecule has 0 amide bonds. The molecular weight excluding hydrogens is 150 g/mol. The maximum Gasteiger partial charge on any atom is 0.138 e. The molecule has 1 N–H and O–H groups in total. The van der Waals surface area contributed by atoms with Crippen LogP contribution in [0.15, 0.2) is 24.3 Å². The quantitative estimate of drug-likeness (QED) is 0.619. The average Bonchev–Trinajstić information content (AvgIpc) is 2.04. The molecule has 1 unspecified atom stereocenters. The fraction of sp³-hybridized carbons (Fsp3) is 0.300. The van der Waals surface area contributed by atoms with Gasteiger partial charge in [0, 0.05) is 0 Å². The first-order chi connectivity index (χ1) is 5.72. The minimum Gasteiger partial charge on any atom is -0.302 e. The van der Waals surface area contributed by atoms with E-state index in [1.54, 1.807) is 0 Å². The minimum atomic E-state index is -0.619. The molecule has 0 spiro atoms. The van der Waals surface area contributed by atoms with Crippen molar-refractivity contribution in [1.29, 1.82) is 0 Å². The summed E-state index contributed by atoms with van der Waals surface area (Å²) >= 11 is 0. The predicted molar refractivity (Wildman–Crippen MR) is 47.8 cm³/mol. The van der Waals surface area contributed by atoms with Crippen LogP contribution >= 0.6 is 0 Å². The van der Waals surface area contributed by atoms with Gasteiger partial charge in [-0.1, -0.05) is 29.8 Å². The highest BCUT2D eigenvalue weighted by molar-refractivity contribution is 5.57. The van der Waals surface area contributed by atoms with Crippen molar-refractivity contribution in [2.45, 2.75) is 19.4 Å². The summed E-state index contributed by atoms with van der Waals surface area (Å²) in [6.45, 7) is 2.00. The summed E-state index contributed by atoms with van der Waals surface area (Å²) in [7, 11) is 0. The Kier molecular flexibility index (Phi) is 3.00. The van der Waals surface area contributed by atoms with Crippen LogP contribution in [-0.4, -0.2) is 12.3 Å². The topological polar surface area (TPSA) is 40.9 Å². The summed E-state index contributed by atoms with van der Waals surface area (Å²) in [6.07, 6.45) is 1.19. The van der Waals surface area contributed by atoms with E-state index >= 15 is 0 Å². The summed E-state index contributed by atoms with van der Waals surface area (Å²) in [5.41, 5.74) is 9.49. The first-order valence-corrected chi connectivity index (χ1v) is 3.94. The third-order valence-electron chi connectivity index (χ3n) is 1.70. The lowest BCUT2D eigenvalue weighted by Gasteiger charge is -2.03. The normalized spacial score (nSPS) is 12.5. The molecule has 0 heterocycles. The zero-order valence-corrected chi connectivity index (χ0v) is 7.08. The van der Waals surface area contributed by atoms with Crippen molar-refractivity contribution in [3.05, 3.63) is 35.4 Å². The van der Waals surface area contributed by atoms with Crippen LogP contribution in [0.25, 0.3) is 0 Å². The Morgan fingerprint density at radius 2 is 2.33 bits per heavy atom. The maximum absolute atomic E-state index is 10.2. The first kappa shape index (κ1) is 8.94. The van der Waals surface area contributed by atoms with Gasteiger partial charge in [-0.05, 0) is 18.9 Å². The molecule has 0 fully saturated rings. The number of hydrogen-bond acceptors (Lipinski definition) is 1. The SMILES string of the molecule is Cc1cccc(CC([NH])C=O)c1. The Labute approximate surface area is 72.4 Å². The van der Waals surface area contributed by atoms with Crippen LogP contribution in [0.5, 0.6) is 0 Å². The molecule has 2 nitrogen and oxygen atoms in total. The van der Waals surface area contributed by atoms with E-state index in [1.807, 2.05) is 31.2 Å². The number of carbonyl (C=O) groups is 1. The number of benzene rings is 1. The van der Waals surface area contributed by atoms with E-state index in [0.717, 1.165) is 5.56 Å². The standard InChI is InChI=1S/C10H12NO/c1-8-3-2-4-9(5-8)6-10(11)7-12/h2-5,7,10-11H,6H2,1H3. The largest absolute Gasteiger partial charge is 0.302 e. The summed E-state index contributed by atoms with van der Waals surface area (Å²) in [5.74, 6) is 0. The van der Waals surface area contributed by atoms with Crippen LogP contribution in [0, 0.1) is 6.92 Å². The molecule has 0 aliphatic heterocycles. The van der Waals surface area contributed by atoms with E-state index in [-0.39, 0.29) is 0 Å². The molecule has 1 rings (SSSR count). The molecule has 63 valence electrons. The van der Waals surface area contributed by atoms with Gasteiger partial charge in [0.15, 0.2) is 0 Å². The minimum absolute atomic E-state index is 0.519. The monoisotopic (exact) mass is 162 g/mol. The molecule has 1 aromatic carbocycles. The number of hydrogen-bond donors (Lipinski definition) is 0. The van der Waals surface area contributed by atoms with Gasteiger partial charge in [0.2, 0.25) is 0 Å². The van der Waals surface area contributed by atoms with Gasteiger partial charge in [-0.3, -0.25) is 0 Å². The van der Waals surface area contributed by atoms with E-state index in [1.165, 1.54) is 5.56 Å². The lowest BCUT2D eigenvalue weighted by Crippen LogP contribution is -2.13. The van der Waals surface area contributed by atoms with Crippen LogP contribution in [0.1, 0.15) is 11.1 Å². The van der Waals surface area contributed by atoms with Gasteiger partial charge in [0.05, 0.1) is 6.04 Å². The van der Waals surface area contributed by atoms with Crippen molar-refractivity contribution in [2.75, 3.05) is 0 Å². The van der Waals surface area contributed by atoms with Gasteiger partial charge in [0.25, 0.3) is 0 Å². The van der Waals surface area contributed by atoms with Crippen molar-refractivity contribution < 1.29 is 4.79 Å². The van der Waals surface area contributed by atoms with Crippen LogP contribution in [0.4, 0.5) is 0 Å². The molecular formula is C10H12NO. The van der Waals surface area contributed by atoms with E-state index in [2.05, 4.69) is 0 Å². The third-order valence-corrected chi connectivity index (χ3v) is 1.70. The second-order valence-electron chi connectivity index (χ2n) is 2.94. The highest BCUT2D eigenvalue weighted by atomic mass is 16.1. The van der Waals surface area contributed by atoms with Crippen molar-refractivity contribution in [3.63, 3.8) is 0 Å². The van der Waals surface area contributed by atoms with E-state index < -0.39 is 6.04 Å². The zero-order valence-electron chi connectivity index (χ0n) is 7.08. The van der Waals surface area contributed by atoms with Crippen LogP contribution in [-0.2, 0) is 11.2 Å².